The van der Waals surface area contributed by atoms with E-state index in [1.165, 1.54) is 11.3 Å². The van der Waals surface area contributed by atoms with Crippen LogP contribution in [0.1, 0.15) is 16.9 Å². The number of thiazole rings is 1. The first kappa shape index (κ1) is 15.5. The Balaban J connectivity index is 1.73. The SMILES string of the molecule is COc1ccc(-c2nc(C(=O)N3CCC(C(=O)O)C3)cs2)cc1. The number of rotatable bonds is 4. The molecule has 1 atom stereocenters. The zero-order valence-corrected chi connectivity index (χ0v) is 13.4. The van der Waals surface area contributed by atoms with Crippen molar-refractivity contribution < 1.29 is 19.4 Å². The summed E-state index contributed by atoms with van der Waals surface area (Å²) < 4.78 is 5.12. The van der Waals surface area contributed by atoms with E-state index in [-0.39, 0.29) is 12.5 Å². The summed E-state index contributed by atoms with van der Waals surface area (Å²) in [4.78, 5) is 29.4. The molecule has 23 heavy (non-hydrogen) atoms. The van der Waals surface area contributed by atoms with Gasteiger partial charge in [-0.2, -0.15) is 0 Å². The van der Waals surface area contributed by atoms with E-state index in [4.69, 9.17) is 9.84 Å². The van der Waals surface area contributed by atoms with Crippen LogP contribution in [0.15, 0.2) is 29.6 Å². The van der Waals surface area contributed by atoms with Crippen molar-refractivity contribution in [2.24, 2.45) is 5.92 Å². The number of nitrogens with zero attached hydrogens (tertiary/aromatic N) is 2. The molecule has 7 heteroatoms. The lowest BCUT2D eigenvalue weighted by molar-refractivity contribution is -0.141. The van der Waals surface area contributed by atoms with Crippen molar-refractivity contribution in [3.05, 3.63) is 35.3 Å². The summed E-state index contributed by atoms with van der Waals surface area (Å²) >= 11 is 1.39. The number of carbonyl (C=O) groups is 2. The van der Waals surface area contributed by atoms with Crippen molar-refractivity contribution in [3.63, 3.8) is 0 Å². The van der Waals surface area contributed by atoms with Gasteiger partial charge < -0.3 is 14.7 Å². The van der Waals surface area contributed by atoms with E-state index in [2.05, 4.69) is 4.98 Å². The van der Waals surface area contributed by atoms with Gasteiger partial charge in [0.05, 0.1) is 13.0 Å². The summed E-state index contributed by atoms with van der Waals surface area (Å²) in [5, 5.41) is 11.5. The van der Waals surface area contributed by atoms with Crippen molar-refractivity contribution in [1.82, 2.24) is 9.88 Å². The minimum atomic E-state index is -0.850. The minimum absolute atomic E-state index is 0.204. The second-order valence-electron chi connectivity index (χ2n) is 5.34. The number of carboxylic acid groups (broad SMARTS) is 1. The van der Waals surface area contributed by atoms with Gasteiger partial charge in [0.25, 0.3) is 5.91 Å². The molecule has 0 saturated carbocycles. The molecule has 1 saturated heterocycles. The summed E-state index contributed by atoms with van der Waals surface area (Å²) in [5.74, 6) is -0.765. The first-order valence-electron chi connectivity index (χ1n) is 7.20. The van der Waals surface area contributed by atoms with Gasteiger partial charge in [-0.15, -0.1) is 11.3 Å². The topological polar surface area (TPSA) is 79.7 Å². The van der Waals surface area contributed by atoms with E-state index >= 15 is 0 Å². The first-order valence-corrected chi connectivity index (χ1v) is 8.08. The third kappa shape index (κ3) is 3.19. The van der Waals surface area contributed by atoms with Crippen LogP contribution in [0.2, 0.25) is 0 Å². The zero-order chi connectivity index (χ0) is 16.4. The molecule has 2 heterocycles. The van der Waals surface area contributed by atoms with E-state index in [9.17, 15) is 9.59 Å². The minimum Gasteiger partial charge on any atom is -0.497 e. The fourth-order valence-electron chi connectivity index (χ4n) is 2.55. The second-order valence-corrected chi connectivity index (χ2v) is 6.20. The average molecular weight is 332 g/mol. The Morgan fingerprint density at radius 2 is 2.09 bits per heavy atom. The van der Waals surface area contributed by atoms with Crippen molar-refractivity contribution in [3.8, 4) is 16.3 Å². The number of amides is 1. The smallest absolute Gasteiger partial charge is 0.308 e. The van der Waals surface area contributed by atoms with E-state index in [1.807, 2.05) is 24.3 Å². The van der Waals surface area contributed by atoms with Crippen LogP contribution in [-0.4, -0.2) is 47.1 Å². The van der Waals surface area contributed by atoms with Crippen LogP contribution in [0.25, 0.3) is 10.6 Å². The molecule has 1 aromatic heterocycles. The average Bonchev–Trinajstić information content (AvgIpc) is 3.24. The number of likely N-dealkylation sites (tertiary alicyclic amines) is 1. The highest BCUT2D eigenvalue weighted by molar-refractivity contribution is 7.13. The number of benzene rings is 1. The summed E-state index contributed by atoms with van der Waals surface area (Å²) in [5.41, 5.74) is 1.28. The van der Waals surface area contributed by atoms with E-state index < -0.39 is 11.9 Å². The third-order valence-electron chi connectivity index (χ3n) is 3.88. The maximum atomic E-state index is 12.4. The quantitative estimate of drug-likeness (QED) is 0.930. The normalized spacial score (nSPS) is 17.3. The summed E-state index contributed by atoms with van der Waals surface area (Å²) in [6, 6.07) is 7.47. The molecule has 0 radical (unpaired) electrons. The van der Waals surface area contributed by atoms with Gasteiger partial charge in [-0.25, -0.2) is 4.98 Å². The Kier molecular flexibility index (Phi) is 4.29. The predicted molar refractivity (Wildman–Crippen MR) is 85.7 cm³/mol. The molecule has 1 N–H and O–H groups in total. The number of aromatic nitrogens is 1. The van der Waals surface area contributed by atoms with Crippen LogP contribution in [0.4, 0.5) is 0 Å². The number of hydrogen-bond donors (Lipinski definition) is 1. The van der Waals surface area contributed by atoms with Gasteiger partial charge in [0.2, 0.25) is 0 Å². The van der Waals surface area contributed by atoms with Crippen molar-refractivity contribution >= 4 is 23.2 Å². The molecule has 0 aliphatic carbocycles. The Hall–Kier alpha value is -2.41. The van der Waals surface area contributed by atoms with Gasteiger partial charge in [0, 0.05) is 24.0 Å². The molecule has 1 fully saturated rings. The molecule has 2 aromatic rings. The molecule has 3 rings (SSSR count). The van der Waals surface area contributed by atoms with Gasteiger partial charge in [0.1, 0.15) is 16.5 Å². The van der Waals surface area contributed by atoms with Gasteiger partial charge in [0.15, 0.2) is 0 Å². The fourth-order valence-corrected chi connectivity index (χ4v) is 3.35. The predicted octanol–water partition coefficient (Wildman–Crippen LogP) is 2.37. The highest BCUT2D eigenvalue weighted by atomic mass is 32.1. The number of aliphatic carboxylic acids is 1. The van der Waals surface area contributed by atoms with Gasteiger partial charge in [-0.05, 0) is 30.7 Å². The molecular weight excluding hydrogens is 316 g/mol. The van der Waals surface area contributed by atoms with Gasteiger partial charge in [-0.3, -0.25) is 9.59 Å². The Morgan fingerprint density at radius 3 is 2.70 bits per heavy atom. The monoisotopic (exact) mass is 332 g/mol. The van der Waals surface area contributed by atoms with Crippen LogP contribution < -0.4 is 4.74 Å². The van der Waals surface area contributed by atoms with Crippen LogP contribution >= 0.6 is 11.3 Å². The van der Waals surface area contributed by atoms with Crippen LogP contribution in [0.5, 0.6) is 5.75 Å². The molecule has 1 unspecified atom stereocenters. The lowest BCUT2D eigenvalue weighted by atomic mass is 10.1. The van der Waals surface area contributed by atoms with Crippen molar-refractivity contribution in [1.29, 1.82) is 0 Å². The van der Waals surface area contributed by atoms with Crippen LogP contribution in [-0.2, 0) is 4.79 Å². The summed E-state index contributed by atoms with van der Waals surface area (Å²) in [7, 11) is 1.61. The molecule has 1 aliphatic rings. The van der Waals surface area contributed by atoms with E-state index in [1.54, 1.807) is 17.4 Å². The van der Waals surface area contributed by atoms with Crippen LogP contribution in [0, 0.1) is 5.92 Å². The van der Waals surface area contributed by atoms with Gasteiger partial charge in [-0.1, -0.05) is 0 Å². The van der Waals surface area contributed by atoms with E-state index in [0.717, 1.165) is 16.3 Å². The molecular formula is C16H16N2O4S. The van der Waals surface area contributed by atoms with Crippen molar-refractivity contribution in [2.45, 2.75) is 6.42 Å². The second kappa shape index (κ2) is 6.37. The van der Waals surface area contributed by atoms with Gasteiger partial charge >= 0.3 is 5.97 Å². The Labute approximate surface area is 137 Å². The fraction of sp³-hybridized carbons (Fsp3) is 0.312. The number of hydrogen-bond acceptors (Lipinski definition) is 5. The number of methoxy groups -OCH3 is 1. The highest BCUT2D eigenvalue weighted by Gasteiger charge is 2.32. The standard InChI is InChI=1S/C16H16N2O4S/c1-22-12-4-2-10(3-5-12)14-17-13(9-23-14)15(19)18-7-6-11(8-18)16(20)21/h2-5,9,11H,6-8H2,1H3,(H,20,21). The third-order valence-corrected chi connectivity index (χ3v) is 4.78. The zero-order valence-electron chi connectivity index (χ0n) is 12.6. The lowest BCUT2D eigenvalue weighted by Gasteiger charge is -2.13. The molecule has 0 spiro atoms. The molecule has 6 nitrogen and oxygen atoms in total. The first-order chi connectivity index (χ1) is 11.1. The molecule has 0 bridgehead atoms. The number of carbonyl (C=O) groups excluding carboxylic acids is 1. The molecule has 1 aromatic carbocycles. The maximum absolute atomic E-state index is 12.4. The molecule has 1 aliphatic heterocycles. The lowest BCUT2D eigenvalue weighted by Crippen LogP contribution is -2.30. The Morgan fingerprint density at radius 1 is 1.35 bits per heavy atom. The van der Waals surface area contributed by atoms with E-state index in [0.29, 0.717) is 18.7 Å². The number of carboxylic acids is 1. The number of ether oxygens (including phenoxy) is 1. The van der Waals surface area contributed by atoms with Crippen molar-refractivity contribution in [2.75, 3.05) is 20.2 Å². The summed E-state index contributed by atoms with van der Waals surface area (Å²) in [6.07, 6.45) is 0.497. The molecule has 120 valence electrons. The Bertz CT molecular complexity index is 726. The highest BCUT2D eigenvalue weighted by Crippen LogP contribution is 2.27. The largest absolute Gasteiger partial charge is 0.497 e. The molecule has 1 amide bonds. The summed E-state index contributed by atoms with van der Waals surface area (Å²) in [6.45, 7) is 0.717. The van der Waals surface area contributed by atoms with Crippen LogP contribution in [0.3, 0.4) is 0 Å². The maximum Gasteiger partial charge on any atom is 0.308 e.